The Hall–Kier alpha value is -2.02. The minimum atomic E-state index is -1.09. The first kappa shape index (κ1) is 22.8. The number of oxazole rings is 1. The smallest absolute Gasteiger partial charge is 0.295 e. The molecule has 0 amide bonds. The lowest BCUT2D eigenvalue weighted by Gasteiger charge is -2.39. The van der Waals surface area contributed by atoms with Gasteiger partial charge in [0, 0.05) is 38.8 Å². The van der Waals surface area contributed by atoms with Gasteiger partial charge in [0.1, 0.15) is 11.2 Å². The molecule has 1 saturated heterocycles. The molecule has 1 aromatic heterocycles. The largest absolute Gasteiger partial charge is 0.424 e. The Labute approximate surface area is 203 Å². The van der Waals surface area contributed by atoms with E-state index in [1.807, 2.05) is 42.5 Å². The average molecular weight is 491 g/mol. The highest BCUT2D eigenvalue weighted by Crippen LogP contribution is 2.37. The molecule has 0 spiro atoms. The Kier molecular flexibility index (Phi) is 6.68. The van der Waals surface area contributed by atoms with Crippen molar-refractivity contribution in [2.45, 2.75) is 43.8 Å². The summed E-state index contributed by atoms with van der Waals surface area (Å²) in [5.41, 5.74) is 1.50. The zero-order valence-corrected chi connectivity index (χ0v) is 20.1. The zero-order chi connectivity index (χ0) is 22.8. The summed E-state index contributed by atoms with van der Waals surface area (Å²) in [5, 5.41) is 4.55. The van der Waals surface area contributed by atoms with Gasteiger partial charge >= 0.3 is 0 Å². The Bertz CT molecular complexity index is 1060. The minimum Gasteiger partial charge on any atom is -0.424 e. The number of halogens is 3. The molecule has 0 radical (unpaired) electrons. The van der Waals surface area contributed by atoms with Gasteiger partial charge in [-0.05, 0) is 56.4 Å². The van der Waals surface area contributed by atoms with Crippen LogP contribution in [0, 0.1) is 0 Å². The number of anilines is 2. The summed E-state index contributed by atoms with van der Waals surface area (Å²) in [7, 11) is 0. The standard InChI is InChI=1S/C25H29Cl2FN4O/c26-19-4-3-6-21(23(19)27)32-16-14-31(15-17-32)13-12-25(28)10-8-18(9-11-25)29-24-30-20-5-1-2-7-22(20)33-24/h1-7,18H,8-17H2,(H,29,30). The van der Waals surface area contributed by atoms with Crippen molar-refractivity contribution in [3.05, 3.63) is 52.5 Å². The van der Waals surface area contributed by atoms with Crippen LogP contribution >= 0.6 is 23.2 Å². The maximum absolute atomic E-state index is 15.5. The molecule has 2 heterocycles. The molecule has 0 bridgehead atoms. The Morgan fingerprint density at radius 3 is 2.55 bits per heavy atom. The molecule has 5 nitrogen and oxygen atoms in total. The van der Waals surface area contributed by atoms with Crippen molar-refractivity contribution < 1.29 is 8.81 Å². The van der Waals surface area contributed by atoms with Crippen molar-refractivity contribution >= 4 is 46.0 Å². The number of nitrogens with zero attached hydrogens (tertiary/aromatic N) is 3. The second kappa shape index (κ2) is 9.69. The van der Waals surface area contributed by atoms with Gasteiger partial charge in [-0.25, -0.2) is 4.39 Å². The molecular weight excluding hydrogens is 462 g/mol. The van der Waals surface area contributed by atoms with Gasteiger partial charge in [0.05, 0.1) is 15.7 Å². The first-order valence-electron chi connectivity index (χ1n) is 11.7. The number of piperazine rings is 1. The highest BCUT2D eigenvalue weighted by molar-refractivity contribution is 6.43. The van der Waals surface area contributed by atoms with Gasteiger partial charge in [0.2, 0.25) is 0 Å². The molecule has 176 valence electrons. The maximum Gasteiger partial charge on any atom is 0.295 e. The summed E-state index contributed by atoms with van der Waals surface area (Å²) in [6.45, 7) is 4.34. The topological polar surface area (TPSA) is 44.5 Å². The predicted molar refractivity (Wildman–Crippen MR) is 133 cm³/mol. The fourth-order valence-electron chi connectivity index (χ4n) is 4.95. The molecule has 2 aromatic carbocycles. The first-order chi connectivity index (χ1) is 16.0. The Morgan fingerprint density at radius 1 is 1.03 bits per heavy atom. The lowest BCUT2D eigenvalue weighted by molar-refractivity contribution is 0.0746. The van der Waals surface area contributed by atoms with E-state index in [0.29, 0.717) is 35.3 Å². The summed E-state index contributed by atoms with van der Waals surface area (Å²) >= 11 is 12.5. The van der Waals surface area contributed by atoms with Crippen LogP contribution in [-0.4, -0.2) is 54.3 Å². The molecule has 8 heteroatoms. The predicted octanol–water partition coefficient (Wildman–Crippen LogP) is 6.41. The van der Waals surface area contributed by atoms with Crippen LogP contribution in [0.3, 0.4) is 0 Å². The third kappa shape index (κ3) is 5.23. The highest BCUT2D eigenvalue weighted by Gasteiger charge is 2.36. The third-order valence-electron chi connectivity index (χ3n) is 7.02. The van der Waals surface area contributed by atoms with Crippen LogP contribution < -0.4 is 10.2 Å². The van der Waals surface area contributed by atoms with E-state index < -0.39 is 5.67 Å². The summed E-state index contributed by atoms with van der Waals surface area (Å²) in [5.74, 6) is 0. The number of benzene rings is 2. The molecule has 1 N–H and O–H groups in total. The number of rotatable bonds is 6. The number of aromatic nitrogens is 1. The molecule has 1 saturated carbocycles. The van der Waals surface area contributed by atoms with Crippen molar-refractivity contribution in [3.63, 3.8) is 0 Å². The van der Waals surface area contributed by atoms with Gasteiger partial charge < -0.3 is 14.6 Å². The maximum atomic E-state index is 15.5. The van der Waals surface area contributed by atoms with Gasteiger partial charge in [-0.1, -0.05) is 41.4 Å². The minimum absolute atomic E-state index is 0.202. The Morgan fingerprint density at radius 2 is 1.79 bits per heavy atom. The number of alkyl halides is 1. The zero-order valence-electron chi connectivity index (χ0n) is 18.6. The van der Waals surface area contributed by atoms with E-state index in [-0.39, 0.29) is 6.04 Å². The van der Waals surface area contributed by atoms with Gasteiger partial charge in [-0.3, -0.25) is 4.90 Å². The van der Waals surface area contributed by atoms with Gasteiger partial charge in [-0.15, -0.1) is 0 Å². The van der Waals surface area contributed by atoms with Crippen LogP contribution in [0.4, 0.5) is 16.1 Å². The molecule has 0 unspecified atom stereocenters. The number of nitrogens with one attached hydrogen (secondary N) is 1. The van der Waals surface area contributed by atoms with Crippen molar-refractivity contribution in [3.8, 4) is 0 Å². The third-order valence-corrected chi connectivity index (χ3v) is 7.83. The normalized spacial score (nSPS) is 24.3. The van der Waals surface area contributed by atoms with E-state index in [9.17, 15) is 0 Å². The van der Waals surface area contributed by atoms with Crippen LogP contribution in [0.2, 0.25) is 10.0 Å². The average Bonchev–Trinajstić information content (AvgIpc) is 3.24. The van der Waals surface area contributed by atoms with Crippen molar-refractivity contribution in [2.75, 3.05) is 42.9 Å². The summed E-state index contributed by atoms with van der Waals surface area (Å²) < 4.78 is 21.3. The fraction of sp³-hybridized carbons (Fsp3) is 0.480. The van der Waals surface area contributed by atoms with Crippen molar-refractivity contribution in [1.29, 1.82) is 0 Å². The lowest BCUT2D eigenvalue weighted by Crippen LogP contribution is -2.48. The van der Waals surface area contributed by atoms with E-state index >= 15 is 4.39 Å². The summed E-state index contributed by atoms with van der Waals surface area (Å²) in [6.07, 6.45) is 3.30. The molecule has 1 aliphatic heterocycles. The number of fused-ring (bicyclic) bond motifs is 1. The molecular formula is C25H29Cl2FN4O. The lowest BCUT2D eigenvalue weighted by atomic mass is 9.81. The molecule has 2 fully saturated rings. The van der Waals surface area contributed by atoms with Crippen LogP contribution in [0.25, 0.3) is 11.1 Å². The first-order valence-corrected chi connectivity index (χ1v) is 12.5. The monoisotopic (exact) mass is 490 g/mol. The van der Waals surface area contributed by atoms with Gasteiger partial charge in [0.15, 0.2) is 5.58 Å². The van der Waals surface area contributed by atoms with Gasteiger partial charge in [0.25, 0.3) is 6.01 Å². The van der Waals surface area contributed by atoms with Crippen LogP contribution in [0.15, 0.2) is 46.9 Å². The van der Waals surface area contributed by atoms with Crippen LogP contribution in [0.1, 0.15) is 32.1 Å². The molecule has 5 rings (SSSR count). The molecule has 3 aromatic rings. The van der Waals surface area contributed by atoms with E-state index in [4.69, 9.17) is 27.6 Å². The highest BCUT2D eigenvalue weighted by atomic mass is 35.5. The van der Waals surface area contributed by atoms with E-state index in [1.165, 1.54) is 0 Å². The summed E-state index contributed by atoms with van der Waals surface area (Å²) in [6, 6.07) is 14.2. The second-order valence-corrected chi connectivity index (χ2v) is 9.99. The van der Waals surface area contributed by atoms with Crippen LogP contribution in [0.5, 0.6) is 0 Å². The van der Waals surface area contributed by atoms with Crippen molar-refractivity contribution in [2.24, 2.45) is 0 Å². The van der Waals surface area contributed by atoms with E-state index in [1.54, 1.807) is 0 Å². The van der Waals surface area contributed by atoms with Gasteiger partial charge in [-0.2, -0.15) is 4.98 Å². The number of hydrogen-bond acceptors (Lipinski definition) is 5. The molecule has 0 atom stereocenters. The second-order valence-electron chi connectivity index (χ2n) is 9.21. The SMILES string of the molecule is FC1(CCN2CCN(c3cccc(Cl)c3Cl)CC2)CCC(Nc2nc3ccccc3o2)CC1. The number of hydrogen-bond donors (Lipinski definition) is 1. The quantitative estimate of drug-likeness (QED) is 0.432. The van der Waals surface area contributed by atoms with Crippen LogP contribution in [-0.2, 0) is 0 Å². The molecule has 33 heavy (non-hydrogen) atoms. The molecule has 1 aliphatic carbocycles. The Balaban J connectivity index is 1.07. The van der Waals surface area contributed by atoms with E-state index in [2.05, 4.69) is 20.1 Å². The van der Waals surface area contributed by atoms with Crippen molar-refractivity contribution in [1.82, 2.24) is 9.88 Å². The molecule has 2 aliphatic rings. The van der Waals surface area contributed by atoms with E-state index in [0.717, 1.165) is 62.4 Å². The summed E-state index contributed by atoms with van der Waals surface area (Å²) in [4.78, 5) is 9.10. The fourth-order valence-corrected chi connectivity index (χ4v) is 5.36. The number of para-hydroxylation sites is 2.